The van der Waals surface area contributed by atoms with Crippen molar-refractivity contribution in [2.24, 2.45) is 7.05 Å². The summed E-state index contributed by atoms with van der Waals surface area (Å²) in [7, 11) is 1.66. The van der Waals surface area contributed by atoms with E-state index in [4.69, 9.17) is 4.74 Å². The van der Waals surface area contributed by atoms with Gasteiger partial charge in [0.2, 0.25) is 5.91 Å². The van der Waals surface area contributed by atoms with Crippen LogP contribution in [0.15, 0.2) is 34.2 Å². The number of alkyl halides is 3. The second-order valence-electron chi connectivity index (χ2n) is 7.77. The molecule has 176 valence electrons. The summed E-state index contributed by atoms with van der Waals surface area (Å²) in [5.74, 6) is -0.137. The number of benzene rings is 1. The first-order valence-corrected chi connectivity index (χ1v) is 12.2. The van der Waals surface area contributed by atoms with Crippen LogP contribution in [-0.4, -0.2) is 34.0 Å². The molecule has 0 atom stereocenters. The normalized spacial score (nSPS) is 13.7. The number of carbonyl (C=O) groups is 1. The maximum absolute atomic E-state index is 12.9. The van der Waals surface area contributed by atoms with E-state index in [-0.39, 0.29) is 29.5 Å². The lowest BCUT2D eigenvalue weighted by Crippen LogP contribution is -2.26. The zero-order valence-corrected chi connectivity index (χ0v) is 19.5. The van der Waals surface area contributed by atoms with Crippen LogP contribution < -0.4 is 15.6 Å². The zero-order valence-electron chi connectivity index (χ0n) is 17.8. The number of ether oxygens (including phenoxy) is 1. The van der Waals surface area contributed by atoms with Gasteiger partial charge in [-0.25, -0.2) is 4.98 Å². The second-order valence-corrected chi connectivity index (χ2v) is 9.79. The molecule has 1 aliphatic rings. The van der Waals surface area contributed by atoms with Crippen LogP contribution in [0.1, 0.15) is 28.8 Å². The van der Waals surface area contributed by atoms with E-state index in [0.717, 1.165) is 36.1 Å². The van der Waals surface area contributed by atoms with Gasteiger partial charge in [-0.15, -0.1) is 11.3 Å². The van der Waals surface area contributed by atoms with Crippen LogP contribution in [0.4, 0.5) is 13.2 Å². The number of fused-ring (bicyclic) bond motifs is 3. The number of hydrogen-bond acceptors (Lipinski definition) is 6. The maximum atomic E-state index is 12.9. The van der Waals surface area contributed by atoms with Crippen LogP contribution in [0.25, 0.3) is 10.2 Å². The summed E-state index contributed by atoms with van der Waals surface area (Å²) in [6.07, 6.45) is -0.327. The predicted molar refractivity (Wildman–Crippen MR) is 122 cm³/mol. The van der Waals surface area contributed by atoms with Crippen molar-refractivity contribution in [1.29, 1.82) is 0 Å². The fraction of sp³-hybridized carbons (Fsp3) is 0.409. The first kappa shape index (κ1) is 23.6. The topological polar surface area (TPSA) is 73.2 Å². The number of aryl methyl sites for hydroxylation is 2. The number of aromatic nitrogens is 2. The molecule has 0 saturated carbocycles. The van der Waals surface area contributed by atoms with Crippen LogP contribution in [0.5, 0.6) is 5.75 Å². The van der Waals surface area contributed by atoms with Gasteiger partial charge in [-0.2, -0.15) is 13.2 Å². The number of nitrogens with zero attached hydrogens (tertiary/aromatic N) is 2. The Kier molecular flexibility index (Phi) is 6.99. The number of carbonyl (C=O) groups excluding carboxylic acids is 1. The number of amides is 1. The molecule has 4 rings (SSSR count). The lowest BCUT2D eigenvalue weighted by Gasteiger charge is -2.11. The van der Waals surface area contributed by atoms with Crippen molar-refractivity contribution in [2.45, 2.75) is 43.6 Å². The standard InChI is InChI=1S/C22H22F3N3O3S2/c1-28-20(30)18-15-7-2-3-8-16(15)33-19(18)27-21(28)32-11-17(29)26-10-13-5-4-6-14(9-13)31-12-22(23,24)25/h4-6,9H,2-3,7-8,10-12H2,1H3,(H,26,29). The first-order valence-electron chi connectivity index (χ1n) is 10.4. The summed E-state index contributed by atoms with van der Waals surface area (Å²) in [6, 6.07) is 6.14. The number of nitrogens with one attached hydrogen (secondary N) is 1. The third-order valence-electron chi connectivity index (χ3n) is 5.28. The minimum atomic E-state index is -4.42. The Labute approximate surface area is 196 Å². The summed E-state index contributed by atoms with van der Waals surface area (Å²) < 4.78 is 43.2. The van der Waals surface area contributed by atoms with E-state index in [1.807, 2.05) is 0 Å². The highest BCUT2D eigenvalue weighted by atomic mass is 32.2. The molecule has 1 aromatic carbocycles. The fourth-order valence-corrected chi connectivity index (χ4v) is 5.79. The zero-order chi connectivity index (χ0) is 23.6. The van der Waals surface area contributed by atoms with Crippen molar-refractivity contribution < 1.29 is 22.7 Å². The van der Waals surface area contributed by atoms with Gasteiger partial charge in [-0.3, -0.25) is 14.2 Å². The molecule has 0 saturated heterocycles. The largest absolute Gasteiger partial charge is 0.484 e. The molecule has 0 unspecified atom stereocenters. The van der Waals surface area contributed by atoms with Gasteiger partial charge in [0.1, 0.15) is 10.6 Å². The Morgan fingerprint density at radius 2 is 2.09 bits per heavy atom. The van der Waals surface area contributed by atoms with Crippen LogP contribution in [0, 0.1) is 0 Å². The highest BCUT2D eigenvalue weighted by Crippen LogP contribution is 2.34. The van der Waals surface area contributed by atoms with E-state index >= 15 is 0 Å². The SMILES string of the molecule is Cn1c(SCC(=O)NCc2cccc(OCC(F)(F)F)c2)nc2sc3c(c2c1=O)CCCC3. The molecule has 2 aromatic heterocycles. The lowest BCUT2D eigenvalue weighted by molar-refractivity contribution is -0.153. The Balaban J connectivity index is 1.37. The molecule has 2 heterocycles. The summed E-state index contributed by atoms with van der Waals surface area (Å²) in [6.45, 7) is -1.23. The van der Waals surface area contributed by atoms with Gasteiger partial charge in [0.25, 0.3) is 5.56 Å². The van der Waals surface area contributed by atoms with E-state index in [2.05, 4.69) is 10.3 Å². The summed E-state index contributed by atoms with van der Waals surface area (Å²) in [4.78, 5) is 31.8. The Morgan fingerprint density at radius 1 is 1.30 bits per heavy atom. The van der Waals surface area contributed by atoms with E-state index in [1.54, 1.807) is 30.5 Å². The molecule has 0 fully saturated rings. The van der Waals surface area contributed by atoms with Crippen LogP contribution in [0.2, 0.25) is 0 Å². The van der Waals surface area contributed by atoms with Crippen molar-refractivity contribution in [3.63, 3.8) is 0 Å². The average molecular weight is 498 g/mol. The molecular formula is C22H22F3N3O3S2. The van der Waals surface area contributed by atoms with Gasteiger partial charge >= 0.3 is 6.18 Å². The molecule has 3 aromatic rings. The fourth-order valence-electron chi connectivity index (χ4n) is 3.69. The molecule has 0 aliphatic heterocycles. The number of thiophene rings is 1. The highest BCUT2D eigenvalue weighted by molar-refractivity contribution is 7.99. The van der Waals surface area contributed by atoms with Crippen molar-refractivity contribution in [2.75, 3.05) is 12.4 Å². The number of hydrogen-bond donors (Lipinski definition) is 1. The van der Waals surface area contributed by atoms with Crippen molar-refractivity contribution in [3.05, 3.63) is 50.6 Å². The molecule has 0 radical (unpaired) electrons. The van der Waals surface area contributed by atoms with Gasteiger partial charge in [0, 0.05) is 18.5 Å². The van der Waals surface area contributed by atoms with E-state index in [1.165, 1.54) is 33.3 Å². The molecule has 1 aliphatic carbocycles. The smallest absolute Gasteiger partial charge is 0.422 e. The minimum Gasteiger partial charge on any atom is -0.484 e. The average Bonchev–Trinajstić information content (AvgIpc) is 3.16. The minimum absolute atomic E-state index is 0.0567. The third kappa shape index (κ3) is 5.70. The van der Waals surface area contributed by atoms with E-state index < -0.39 is 12.8 Å². The number of thioether (sulfide) groups is 1. The molecule has 6 nitrogen and oxygen atoms in total. The molecule has 0 spiro atoms. The van der Waals surface area contributed by atoms with Gasteiger partial charge < -0.3 is 10.1 Å². The highest BCUT2D eigenvalue weighted by Gasteiger charge is 2.28. The quantitative estimate of drug-likeness (QED) is 0.391. The van der Waals surface area contributed by atoms with Crippen molar-refractivity contribution >= 4 is 39.2 Å². The molecule has 11 heteroatoms. The number of rotatable bonds is 7. The lowest BCUT2D eigenvalue weighted by atomic mass is 9.97. The molecule has 0 bridgehead atoms. The van der Waals surface area contributed by atoms with E-state index in [9.17, 15) is 22.8 Å². The summed E-state index contributed by atoms with van der Waals surface area (Å²) in [5.41, 5.74) is 1.66. The van der Waals surface area contributed by atoms with Crippen LogP contribution in [0.3, 0.4) is 0 Å². The van der Waals surface area contributed by atoms with Gasteiger partial charge in [-0.1, -0.05) is 23.9 Å². The Hall–Kier alpha value is -2.53. The second kappa shape index (κ2) is 9.76. The van der Waals surface area contributed by atoms with Crippen LogP contribution >= 0.6 is 23.1 Å². The van der Waals surface area contributed by atoms with Crippen molar-refractivity contribution in [1.82, 2.24) is 14.9 Å². The van der Waals surface area contributed by atoms with Gasteiger partial charge in [0.15, 0.2) is 11.8 Å². The molecule has 1 N–H and O–H groups in total. The Bertz CT molecular complexity index is 1240. The number of halogens is 3. The van der Waals surface area contributed by atoms with Gasteiger partial charge in [0.05, 0.1) is 11.1 Å². The maximum Gasteiger partial charge on any atom is 0.422 e. The van der Waals surface area contributed by atoms with Gasteiger partial charge in [-0.05, 0) is 48.9 Å². The van der Waals surface area contributed by atoms with E-state index in [0.29, 0.717) is 16.1 Å². The monoisotopic (exact) mass is 497 g/mol. The Morgan fingerprint density at radius 3 is 2.88 bits per heavy atom. The molecular weight excluding hydrogens is 475 g/mol. The molecule has 33 heavy (non-hydrogen) atoms. The summed E-state index contributed by atoms with van der Waals surface area (Å²) in [5, 5.41) is 3.91. The third-order valence-corrected chi connectivity index (χ3v) is 7.49. The first-order chi connectivity index (χ1) is 15.7. The summed E-state index contributed by atoms with van der Waals surface area (Å²) >= 11 is 2.74. The predicted octanol–water partition coefficient (Wildman–Crippen LogP) is 4.22. The van der Waals surface area contributed by atoms with Crippen molar-refractivity contribution in [3.8, 4) is 5.75 Å². The van der Waals surface area contributed by atoms with Crippen LogP contribution in [-0.2, 0) is 31.2 Å². The molecule has 1 amide bonds.